The van der Waals surface area contributed by atoms with Gasteiger partial charge in [0.2, 0.25) is 0 Å². The highest BCUT2D eigenvalue weighted by atomic mass is 16.5. The Bertz CT molecular complexity index is 413. The minimum absolute atomic E-state index is 0.457. The van der Waals surface area contributed by atoms with Gasteiger partial charge in [-0.1, -0.05) is 32.0 Å². The van der Waals surface area contributed by atoms with Gasteiger partial charge < -0.3 is 10.5 Å². The number of nitrogens with two attached hydrogens (primary N) is 1. The van der Waals surface area contributed by atoms with Crippen molar-refractivity contribution in [2.45, 2.75) is 39.5 Å². The van der Waals surface area contributed by atoms with Crippen molar-refractivity contribution in [3.8, 4) is 5.75 Å². The molecule has 1 saturated carbocycles. The van der Waals surface area contributed by atoms with Crippen LogP contribution in [-0.2, 0) is 6.42 Å². The van der Waals surface area contributed by atoms with Crippen LogP contribution in [-0.4, -0.2) is 13.7 Å². The van der Waals surface area contributed by atoms with E-state index in [-0.39, 0.29) is 0 Å². The lowest BCUT2D eigenvalue weighted by Crippen LogP contribution is -2.35. The van der Waals surface area contributed by atoms with Crippen molar-refractivity contribution < 1.29 is 4.74 Å². The third-order valence-electron chi connectivity index (χ3n) is 4.65. The normalized spacial score (nSPS) is 26.1. The molecule has 1 aromatic carbocycles. The third kappa shape index (κ3) is 3.50. The first-order chi connectivity index (χ1) is 9.05. The third-order valence-corrected chi connectivity index (χ3v) is 4.65. The van der Waals surface area contributed by atoms with Crippen LogP contribution in [0.3, 0.4) is 0 Å². The molecule has 0 radical (unpaired) electrons. The van der Waals surface area contributed by atoms with E-state index in [0.717, 1.165) is 18.7 Å². The van der Waals surface area contributed by atoms with Gasteiger partial charge >= 0.3 is 0 Å². The molecule has 2 unspecified atom stereocenters. The number of benzene rings is 1. The van der Waals surface area contributed by atoms with E-state index in [1.165, 1.54) is 24.8 Å². The highest BCUT2D eigenvalue weighted by Gasteiger charge is 2.34. The molecule has 2 atom stereocenters. The summed E-state index contributed by atoms with van der Waals surface area (Å²) >= 11 is 0. The van der Waals surface area contributed by atoms with Crippen molar-refractivity contribution >= 4 is 0 Å². The van der Waals surface area contributed by atoms with E-state index in [1.807, 2.05) is 6.07 Å². The molecule has 1 aliphatic carbocycles. The fourth-order valence-electron chi connectivity index (χ4n) is 3.49. The van der Waals surface area contributed by atoms with Gasteiger partial charge in [-0.2, -0.15) is 0 Å². The van der Waals surface area contributed by atoms with E-state index in [4.69, 9.17) is 10.5 Å². The summed E-state index contributed by atoms with van der Waals surface area (Å²) in [6, 6.07) is 8.38. The van der Waals surface area contributed by atoms with Crippen LogP contribution in [0.2, 0.25) is 0 Å². The number of hydrogen-bond acceptors (Lipinski definition) is 2. The fraction of sp³-hybridized carbons (Fsp3) is 0.647. The second-order valence-corrected chi connectivity index (χ2v) is 6.68. The van der Waals surface area contributed by atoms with E-state index in [2.05, 4.69) is 32.0 Å². The highest BCUT2D eigenvalue weighted by molar-refractivity contribution is 5.33. The van der Waals surface area contributed by atoms with Crippen LogP contribution in [0.15, 0.2) is 24.3 Å². The van der Waals surface area contributed by atoms with Gasteiger partial charge in [-0.15, -0.1) is 0 Å². The molecule has 0 saturated heterocycles. The van der Waals surface area contributed by atoms with Gasteiger partial charge in [0.1, 0.15) is 5.75 Å². The van der Waals surface area contributed by atoms with E-state index < -0.39 is 0 Å². The summed E-state index contributed by atoms with van der Waals surface area (Å²) < 4.78 is 5.48. The molecule has 1 fully saturated rings. The van der Waals surface area contributed by atoms with Crippen molar-refractivity contribution in [3.05, 3.63) is 29.8 Å². The topological polar surface area (TPSA) is 35.2 Å². The number of hydrogen-bond donors (Lipinski definition) is 1. The van der Waals surface area contributed by atoms with Crippen molar-refractivity contribution in [2.24, 2.45) is 23.0 Å². The summed E-state index contributed by atoms with van der Waals surface area (Å²) in [6.07, 6.45) is 4.93. The van der Waals surface area contributed by atoms with Crippen molar-refractivity contribution in [1.82, 2.24) is 0 Å². The maximum Gasteiger partial charge on any atom is 0.122 e. The molecular formula is C17H27NO. The lowest BCUT2D eigenvalue weighted by atomic mass is 9.65. The van der Waals surface area contributed by atoms with Crippen LogP contribution in [0.4, 0.5) is 0 Å². The van der Waals surface area contributed by atoms with Crippen molar-refractivity contribution in [2.75, 3.05) is 13.7 Å². The first kappa shape index (κ1) is 14.4. The smallest absolute Gasteiger partial charge is 0.122 e. The molecule has 0 heterocycles. The second-order valence-electron chi connectivity index (χ2n) is 6.68. The van der Waals surface area contributed by atoms with Gasteiger partial charge in [0.15, 0.2) is 0 Å². The predicted molar refractivity (Wildman–Crippen MR) is 80.4 cm³/mol. The number of para-hydroxylation sites is 1. The molecule has 1 aliphatic rings. The van der Waals surface area contributed by atoms with Gasteiger partial charge in [0.25, 0.3) is 0 Å². The molecule has 19 heavy (non-hydrogen) atoms. The summed E-state index contributed by atoms with van der Waals surface area (Å²) in [5, 5.41) is 0. The minimum Gasteiger partial charge on any atom is -0.496 e. The molecule has 0 bridgehead atoms. The van der Waals surface area contributed by atoms with E-state index in [9.17, 15) is 0 Å². The molecule has 0 amide bonds. The van der Waals surface area contributed by atoms with E-state index in [0.29, 0.717) is 17.3 Å². The van der Waals surface area contributed by atoms with Crippen LogP contribution >= 0.6 is 0 Å². The Hall–Kier alpha value is -1.02. The summed E-state index contributed by atoms with van der Waals surface area (Å²) in [5.74, 6) is 2.37. The van der Waals surface area contributed by atoms with Gasteiger partial charge in [0, 0.05) is 0 Å². The van der Waals surface area contributed by atoms with Crippen LogP contribution < -0.4 is 10.5 Å². The summed E-state index contributed by atoms with van der Waals surface area (Å²) in [7, 11) is 1.75. The molecule has 2 heteroatoms. The summed E-state index contributed by atoms with van der Waals surface area (Å²) in [5.41, 5.74) is 7.76. The molecule has 2 rings (SSSR count). The molecule has 106 valence electrons. The lowest BCUT2D eigenvalue weighted by molar-refractivity contribution is 0.121. The Balaban J connectivity index is 2.14. The molecule has 2 N–H and O–H groups in total. The van der Waals surface area contributed by atoms with Crippen LogP contribution in [0, 0.1) is 17.3 Å². The molecule has 2 nitrogen and oxygen atoms in total. The van der Waals surface area contributed by atoms with Crippen LogP contribution in [0.5, 0.6) is 5.75 Å². The molecule has 0 spiro atoms. The number of rotatable bonds is 4. The fourth-order valence-corrected chi connectivity index (χ4v) is 3.49. The minimum atomic E-state index is 0.457. The Morgan fingerprint density at radius 3 is 2.68 bits per heavy atom. The van der Waals surface area contributed by atoms with Gasteiger partial charge in [-0.05, 0) is 61.1 Å². The van der Waals surface area contributed by atoms with Gasteiger partial charge in [-0.3, -0.25) is 0 Å². The average Bonchev–Trinajstić information content (AvgIpc) is 2.39. The van der Waals surface area contributed by atoms with Gasteiger partial charge in [-0.25, -0.2) is 0 Å². The Morgan fingerprint density at radius 1 is 1.26 bits per heavy atom. The molecule has 0 aromatic heterocycles. The average molecular weight is 261 g/mol. The monoisotopic (exact) mass is 261 g/mol. The maximum atomic E-state index is 5.98. The van der Waals surface area contributed by atoms with Crippen molar-refractivity contribution in [1.29, 1.82) is 0 Å². The predicted octanol–water partition coefficient (Wildman–Crippen LogP) is 3.64. The zero-order chi connectivity index (χ0) is 13.9. The second kappa shape index (κ2) is 5.96. The number of methoxy groups -OCH3 is 1. The van der Waals surface area contributed by atoms with Crippen LogP contribution in [0.25, 0.3) is 0 Å². The van der Waals surface area contributed by atoms with Crippen molar-refractivity contribution in [3.63, 3.8) is 0 Å². The van der Waals surface area contributed by atoms with E-state index in [1.54, 1.807) is 7.11 Å². The molecule has 0 aliphatic heterocycles. The Labute approximate surface area is 117 Å². The zero-order valence-corrected chi connectivity index (χ0v) is 12.5. The SMILES string of the molecule is COc1ccccc1CC1CC(C)(C)CCC1CN. The first-order valence-electron chi connectivity index (χ1n) is 7.37. The quantitative estimate of drug-likeness (QED) is 0.898. The lowest BCUT2D eigenvalue weighted by Gasteiger charge is -2.40. The maximum absolute atomic E-state index is 5.98. The summed E-state index contributed by atoms with van der Waals surface area (Å²) in [6.45, 7) is 5.58. The largest absolute Gasteiger partial charge is 0.496 e. The Morgan fingerprint density at radius 2 is 2.00 bits per heavy atom. The standard InChI is InChI=1S/C17H27NO/c1-17(2)9-8-14(12-18)15(11-17)10-13-6-4-5-7-16(13)19-3/h4-7,14-15H,8-12,18H2,1-3H3. The summed E-state index contributed by atoms with van der Waals surface area (Å²) in [4.78, 5) is 0. The molecule has 1 aromatic rings. The zero-order valence-electron chi connectivity index (χ0n) is 12.5. The van der Waals surface area contributed by atoms with Gasteiger partial charge in [0.05, 0.1) is 7.11 Å². The first-order valence-corrected chi connectivity index (χ1v) is 7.37. The number of ether oxygens (including phenoxy) is 1. The highest BCUT2D eigenvalue weighted by Crippen LogP contribution is 2.43. The van der Waals surface area contributed by atoms with Crippen LogP contribution in [0.1, 0.15) is 38.7 Å². The van der Waals surface area contributed by atoms with E-state index >= 15 is 0 Å². The Kier molecular flexibility index (Phi) is 4.51. The molecular weight excluding hydrogens is 234 g/mol.